The third-order valence-corrected chi connectivity index (χ3v) is 1.96. The summed E-state index contributed by atoms with van der Waals surface area (Å²) >= 11 is 0. The summed E-state index contributed by atoms with van der Waals surface area (Å²) in [4.78, 5) is 3.23. The van der Waals surface area contributed by atoms with Crippen molar-refractivity contribution in [2.75, 3.05) is 32.7 Å². The Bertz CT molecular complexity index is 62.7. The Morgan fingerprint density at radius 2 is 1.45 bits per heavy atom. The van der Waals surface area contributed by atoms with Gasteiger partial charge in [-0.25, -0.2) is 0 Å². The van der Waals surface area contributed by atoms with Crippen molar-refractivity contribution in [3.8, 4) is 0 Å². The summed E-state index contributed by atoms with van der Waals surface area (Å²) in [6, 6.07) is 0. The van der Waals surface area contributed by atoms with Crippen molar-refractivity contribution < 1.29 is 0 Å². The highest BCUT2D eigenvalue weighted by Gasteiger charge is 1.84. The lowest BCUT2D eigenvalue weighted by Crippen LogP contribution is -2.32. The first-order valence-corrected chi connectivity index (χ1v) is 5.47. The predicted octanol–water partition coefficient (Wildman–Crippen LogP) is -1.55. The van der Waals surface area contributed by atoms with Crippen LogP contribution in [0, 0.1) is 0 Å². The van der Waals surface area contributed by atoms with Crippen molar-refractivity contribution in [2.24, 2.45) is 0 Å². The zero-order valence-electron chi connectivity index (χ0n) is 7.74. The topological polar surface area (TPSA) is 36.1 Å². The first-order valence-electron chi connectivity index (χ1n) is 4.47. The third kappa shape index (κ3) is 10.1. The molecule has 0 aliphatic heterocycles. The van der Waals surface area contributed by atoms with Crippen LogP contribution in [0.3, 0.4) is 0 Å². The fourth-order valence-electron chi connectivity index (χ4n) is 0.817. The molecular weight excluding hydrogens is 154 g/mol. The van der Waals surface area contributed by atoms with Gasteiger partial charge in [-0.3, -0.25) is 0 Å². The predicted molar refractivity (Wildman–Crippen MR) is 54.0 cm³/mol. The smallest absolute Gasteiger partial charge is 0.0749 e. The molecule has 68 valence electrons. The SMILES string of the molecule is CCCNCCNCCN[SiH3]. The fourth-order valence-corrected chi connectivity index (χ4v) is 1.07. The molecule has 0 aromatic rings. The van der Waals surface area contributed by atoms with Crippen LogP contribution < -0.4 is 15.6 Å². The normalized spacial score (nSPS) is 10.6. The monoisotopic (exact) mass is 175 g/mol. The van der Waals surface area contributed by atoms with E-state index in [0.717, 1.165) is 43.1 Å². The molecule has 0 heterocycles. The van der Waals surface area contributed by atoms with Crippen molar-refractivity contribution in [2.45, 2.75) is 13.3 Å². The summed E-state index contributed by atoms with van der Waals surface area (Å²) in [5.41, 5.74) is 0. The van der Waals surface area contributed by atoms with E-state index >= 15 is 0 Å². The summed E-state index contributed by atoms with van der Waals surface area (Å²) in [5.74, 6) is 0. The zero-order valence-corrected chi connectivity index (χ0v) is 9.74. The van der Waals surface area contributed by atoms with Gasteiger partial charge in [0.2, 0.25) is 0 Å². The van der Waals surface area contributed by atoms with Crippen LogP contribution in [0.1, 0.15) is 13.3 Å². The molecule has 0 unspecified atom stereocenters. The molecule has 0 aliphatic rings. The second kappa shape index (κ2) is 10.1. The van der Waals surface area contributed by atoms with E-state index < -0.39 is 0 Å². The number of nitrogens with one attached hydrogen (secondary N) is 3. The number of hydrogen-bond donors (Lipinski definition) is 3. The lowest BCUT2D eigenvalue weighted by molar-refractivity contribution is 0.605. The van der Waals surface area contributed by atoms with Crippen LogP contribution in [0.25, 0.3) is 0 Å². The molecule has 0 radical (unpaired) electrons. The van der Waals surface area contributed by atoms with E-state index in [9.17, 15) is 0 Å². The molecule has 0 aliphatic carbocycles. The summed E-state index contributed by atoms with van der Waals surface area (Å²) in [6.07, 6.45) is 1.22. The van der Waals surface area contributed by atoms with Gasteiger partial charge in [0, 0.05) is 26.2 Å². The Balaban J connectivity index is 2.69. The second-order valence-corrected chi connectivity index (χ2v) is 3.31. The lowest BCUT2D eigenvalue weighted by Gasteiger charge is -2.04. The van der Waals surface area contributed by atoms with Crippen LogP contribution in [-0.2, 0) is 0 Å². The molecule has 0 saturated heterocycles. The summed E-state index contributed by atoms with van der Waals surface area (Å²) in [5, 5.41) is 6.68. The van der Waals surface area contributed by atoms with E-state index in [-0.39, 0.29) is 0 Å². The quantitative estimate of drug-likeness (QED) is 0.309. The Morgan fingerprint density at radius 3 is 2.00 bits per heavy atom. The van der Waals surface area contributed by atoms with Gasteiger partial charge < -0.3 is 15.6 Å². The molecule has 11 heavy (non-hydrogen) atoms. The van der Waals surface area contributed by atoms with Gasteiger partial charge in [0.05, 0.1) is 10.4 Å². The minimum absolute atomic E-state index is 1.09. The molecule has 0 aromatic heterocycles. The molecule has 0 spiro atoms. The average Bonchev–Trinajstić information content (AvgIpc) is 2.03. The standard InChI is InChI=1S/C7H21N3Si/c1-2-3-8-4-5-9-6-7-10-11/h8-10H,2-7H2,1,11H3. The van der Waals surface area contributed by atoms with Crippen LogP contribution in [0.2, 0.25) is 0 Å². The third-order valence-electron chi connectivity index (χ3n) is 1.46. The molecule has 0 aromatic carbocycles. The van der Waals surface area contributed by atoms with Gasteiger partial charge >= 0.3 is 0 Å². The van der Waals surface area contributed by atoms with E-state index in [2.05, 4.69) is 22.5 Å². The molecular formula is C7H21N3Si. The maximum Gasteiger partial charge on any atom is 0.0749 e. The molecule has 0 amide bonds. The molecule has 0 fully saturated rings. The van der Waals surface area contributed by atoms with Gasteiger partial charge in [0.25, 0.3) is 0 Å². The van der Waals surface area contributed by atoms with Crippen LogP contribution in [0.15, 0.2) is 0 Å². The number of hydrogen-bond acceptors (Lipinski definition) is 3. The first-order chi connectivity index (χ1) is 5.41. The van der Waals surface area contributed by atoms with E-state index in [4.69, 9.17) is 0 Å². The van der Waals surface area contributed by atoms with Crippen molar-refractivity contribution in [3.63, 3.8) is 0 Å². The minimum atomic E-state index is 1.09. The van der Waals surface area contributed by atoms with E-state index in [1.165, 1.54) is 6.42 Å². The lowest BCUT2D eigenvalue weighted by atomic mass is 10.4. The zero-order chi connectivity index (χ0) is 8.36. The van der Waals surface area contributed by atoms with E-state index in [1.54, 1.807) is 0 Å². The van der Waals surface area contributed by atoms with Crippen LogP contribution in [0.4, 0.5) is 0 Å². The molecule has 0 bridgehead atoms. The van der Waals surface area contributed by atoms with Crippen molar-refractivity contribution in [1.29, 1.82) is 0 Å². The van der Waals surface area contributed by atoms with Gasteiger partial charge in [-0.15, -0.1) is 0 Å². The largest absolute Gasteiger partial charge is 0.344 e. The molecule has 4 heteroatoms. The Morgan fingerprint density at radius 1 is 0.909 bits per heavy atom. The maximum absolute atomic E-state index is 3.34. The maximum atomic E-state index is 3.34. The molecule has 0 rings (SSSR count). The molecule has 0 saturated carbocycles. The van der Waals surface area contributed by atoms with Gasteiger partial charge in [-0.05, 0) is 13.0 Å². The Labute approximate surface area is 72.8 Å². The second-order valence-electron chi connectivity index (χ2n) is 2.60. The molecule has 0 atom stereocenters. The average molecular weight is 175 g/mol. The van der Waals surface area contributed by atoms with E-state index in [0.29, 0.717) is 0 Å². The van der Waals surface area contributed by atoms with Crippen LogP contribution in [-0.4, -0.2) is 43.1 Å². The first kappa shape index (κ1) is 11.1. The highest BCUT2D eigenvalue weighted by Crippen LogP contribution is 1.67. The van der Waals surface area contributed by atoms with Crippen molar-refractivity contribution in [3.05, 3.63) is 0 Å². The van der Waals surface area contributed by atoms with Crippen LogP contribution >= 0.6 is 0 Å². The highest BCUT2D eigenvalue weighted by molar-refractivity contribution is 6.04. The summed E-state index contributed by atoms with van der Waals surface area (Å²) in [6.45, 7) is 7.71. The van der Waals surface area contributed by atoms with Crippen LogP contribution in [0.5, 0.6) is 0 Å². The van der Waals surface area contributed by atoms with Gasteiger partial charge in [-0.2, -0.15) is 0 Å². The molecule has 3 N–H and O–H groups in total. The summed E-state index contributed by atoms with van der Waals surface area (Å²) < 4.78 is 0. The highest BCUT2D eigenvalue weighted by atomic mass is 28.2. The number of rotatable bonds is 8. The van der Waals surface area contributed by atoms with Gasteiger partial charge in [0.15, 0.2) is 0 Å². The van der Waals surface area contributed by atoms with Crippen molar-refractivity contribution in [1.82, 2.24) is 15.6 Å². The van der Waals surface area contributed by atoms with Gasteiger partial charge in [-0.1, -0.05) is 6.92 Å². The van der Waals surface area contributed by atoms with Gasteiger partial charge in [0.1, 0.15) is 0 Å². The minimum Gasteiger partial charge on any atom is -0.344 e. The van der Waals surface area contributed by atoms with Crippen molar-refractivity contribution >= 4 is 10.4 Å². The Kier molecular flexibility index (Phi) is 10.2. The molecule has 3 nitrogen and oxygen atoms in total. The van der Waals surface area contributed by atoms with E-state index in [1.807, 2.05) is 0 Å². The Hall–Kier alpha value is 0.0969. The fraction of sp³-hybridized carbons (Fsp3) is 1.00. The summed E-state index contributed by atoms with van der Waals surface area (Å²) in [7, 11) is 1.10.